The first-order valence-corrected chi connectivity index (χ1v) is 4.86. The van der Waals surface area contributed by atoms with Gasteiger partial charge in [-0.1, -0.05) is 5.16 Å². The molecule has 0 aliphatic carbocycles. The maximum Gasteiger partial charge on any atom is 0.269 e. The zero-order valence-corrected chi connectivity index (χ0v) is 9.08. The van der Waals surface area contributed by atoms with Crippen molar-refractivity contribution in [1.29, 1.82) is 0 Å². The standard InChI is InChI=1S/C10H10N4O3/c1-6(15)9-4-7(17-13-9)5-14-3-2-8(12-14)10(11)16/h2-4H,5H2,1H3,(H2,11,16). The van der Waals surface area contributed by atoms with Gasteiger partial charge in [0, 0.05) is 19.2 Å². The van der Waals surface area contributed by atoms with Crippen LogP contribution >= 0.6 is 0 Å². The number of nitrogens with zero attached hydrogens (tertiary/aromatic N) is 3. The number of ketones is 1. The van der Waals surface area contributed by atoms with E-state index in [2.05, 4.69) is 10.3 Å². The lowest BCUT2D eigenvalue weighted by atomic mass is 10.3. The summed E-state index contributed by atoms with van der Waals surface area (Å²) < 4.78 is 6.43. The normalized spacial score (nSPS) is 10.4. The average Bonchev–Trinajstić information content (AvgIpc) is 2.87. The lowest BCUT2D eigenvalue weighted by Gasteiger charge is -1.95. The Morgan fingerprint density at radius 1 is 1.47 bits per heavy atom. The summed E-state index contributed by atoms with van der Waals surface area (Å²) in [4.78, 5) is 21.8. The summed E-state index contributed by atoms with van der Waals surface area (Å²) in [6.45, 7) is 1.69. The molecule has 7 nitrogen and oxygen atoms in total. The summed E-state index contributed by atoms with van der Waals surface area (Å²) in [6.07, 6.45) is 1.59. The molecule has 2 N–H and O–H groups in total. The van der Waals surface area contributed by atoms with Gasteiger partial charge in [-0.05, 0) is 6.07 Å². The molecule has 2 aromatic heterocycles. The Balaban J connectivity index is 2.13. The van der Waals surface area contributed by atoms with E-state index < -0.39 is 5.91 Å². The van der Waals surface area contributed by atoms with Gasteiger partial charge in [-0.2, -0.15) is 5.10 Å². The second kappa shape index (κ2) is 4.20. The number of carbonyl (C=O) groups is 2. The summed E-state index contributed by atoms with van der Waals surface area (Å²) in [5.74, 6) is -0.279. The number of Topliss-reactive ketones (excluding diaryl/α,β-unsaturated/α-hetero) is 1. The van der Waals surface area contributed by atoms with E-state index in [1.807, 2.05) is 0 Å². The van der Waals surface area contributed by atoms with Gasteiger partial charge in [0.25, 0.3) is 5.91 Å². The van der Waals surface area contributed by atoms with E-state index in [1.54, 1.807) is 6.20 Å². The minimum absolute atomic E-state index is 0.168. The molecular formula is C10H10N4O3. The highest BCUT2D eigenvalue weighted by Gasteiger charge is 2.10. The number of carbonyl (C=O) groups excluding carboxylic acids is 2. The highest BCUT2D eigenvalue weighted by atomic mass is 16.5. The molecule has 0 spiro atoms. The van der Waals surface area contributed by atoms with Crippen molar-refractivity contribution in [3.05, 3.63) is 35.5 Å². The van der Waals surface area contributed by atoms with Crippen molar-refractivity contribution in [1.82, 2.24) is 14.9 Å². The molecule has 17 heavy (non-hydrogen) atoms. The van der Waals surface area contributed by atoms with Crippen LogP contribution in [0.3, 0.4) is 0 Å². The van der Waals surface area contributed by atoms with Crippen molar-refractivity contribution in [2.45, 2.75) is 13.5 Å². The molecule has 7 heteroatoms. The van der Waals surface area contributed by atoms with Gasteiger partial charge in [0.2, 0.25) is 0 Å². The minimum Gasteiger partial charge on any atom is -0.364 e. The number of aromatic nitrogens is 3. The second-order valence-corrected chi connectivity index (χ2v) is 3.50. The maximum atomic E-state index is 11.0. The lowest BCUT2D eigenvalue weighted by molar-refractivity contribution is 0.0989. The largest absolute Gasteiger partial charge is 0.364 e. The molecule has 2 rings (SSSR count). The van der Waals surface area contributed by atoms with Crippen molar-refractivity contribution in [3.8, 4) is 0 Å². The molecule has 0 aromatic carbocycles. The smallest absolute Gasteiger partial charge is 0.269 e. The van der Waals surface area contributed by atoms with E-state index in [4.69, 9.17) is 10.3 Å². The number of nitrogens with two attached hydrogens (primary N) is 1. The fourth-order valence-electron chi connectivity index (χ4n) is 1.29. The summed E-state index contributed by atoms with van der Waals surface area (Å²) >= 11 is 0. The van der Waals surface area contributed by atoms with Gasteiger partial charge in [0.1, 0.15) is 17.9 Å². The van der Waals surface area contributed by atoms with Gasteiger partial charge >= 0.3 is 0 Å². The number of hydrogen-bond acceptors (Lipinski definition) is 5. The van der Waals surface area contributed by atoms with Gasteiger partial charge in [-0.3, -0.25) is 14.3 Å². The van der Waals surface area contributed by atoms with Crippen LogP contribution in [-0.4, -0.2) is 26.6 Å². The first-order valence-electron chi connectivity index (χ1n) is 4.86. The van der Waals surface area contributed by atoms with E-state index in [0.29, 0.717) is 5.76 Å². The van der Waals surface area contributed by atoms with Crippen LogP contribution in [0, 0.1) is 0 Å². The van der Waals surface area contributed by atoms with Crippen LogP contribution in [0.5, 0.6) is 0 Å². The molecule has 0 saturated heterocycles. The molecule has 0 atom stereocenters. The first kappa shape index (κ1) is 11.1. The quantitative estimate of drug-likeness (QED) is 0.762. The van der Waals surface area contributed by atoms with Gasteiger partial charge < -0.3 is 10.3 Å². The summed E-state index contributed by atoms with van der Waals surface area (Å²) in [6, 6.07) is 3.04. The molecular weight excluding hydrogens is 224 g/mol. The maximum absolute atomic E-state index is 11.0. The SMILES string of the molecule is CC(=O)c1cc(Cn2ccc(C(N)=O)n2)on1. The molecule has 0 unspecified atom stereocenters. The monoisotopic (exact) mass is 234 g/mol. The average molecular weight is 234 g/mol. The molecule has 0 aliphatic rings. The number of hydrogen-bond donors (Lipinski definition) is 1. The third kappa shape index (κ3) is 2.39. The van der Waals surface area contributed by atoms with Crippen LogP contribution in [0.15, 0.2) is 22.9 Å². The predicted molar refractivity (Wildman–Crippen MR) is 56.4 cm³/mol. The number of amides is 1. The van der Waals surface area contributed by atoms with Crippen LogP contribution in [0.25, 0.3) is 0 Å². The number of primary amides is 1. The molecule has 0 fully saturated rings. The van der Waals surface area contributed by atoms with Crippen LogP contribution in [-0.2, 0) is 6.54 Å². The van der Waals surface area contributed by atoms with E-state index >= 15 is 0 Å². The van der Waals surface area contributed by atoms with Crippen LogP contribution < -0.4 is 5.73 Å². The van der Waals surface area contributed by atoms with Crippen molar-refractivity contribution in [2.75, 3.05) is 0 Å². The Morgan fingerprint density at radius 3 is 2.76 bits per heavy atom. The van der Waals surface area contributed by atoms with Gasteiger partial charge in [-0.25, -0.2) is 0 Å². The molecule has 0 radical (unpaired) electrons. The van der Waals surface area contributed by atoms with Crippen molar-refractivity contribution < 1.29 is 14.1 Å². The van der Waals surface area contributed by atoms with E-state index in [1.165, 1.54) is 23.7 Å². The molecule has 2 aromatic rings. The highest BCUT2D eigenvalue weighted by molar-refractivity contribution is 5.92. The topological polar surface area (TPSA) is 104 Å². The van der Waals surface area contributed by atoms with E-state index in [-0.39, 0.29) is 23.7 Å². The third-order valence-corrected chi connectivity index (χ3v) is 2.13. The Hall–Kier alpha value is -2.44. The second-order valence-electron chi connectivity index (χ2n) is 3.50. The Morgan fingerprint density at radius 2 is 2.24 bits per heavy atom. The third-order valence-electron chi connectivity index (χ3n) is 2.13. The van der Waals surface area contributed by atoms with Gasteiger partial charge in [0.15, 0.2) is 11.5 Å². The Kier molecular flexibility index (Phi) is 2.73. The first-order chi connectivity index (χ1) is 8.06. The van der Waals surface area contributed by atoms with Gasteiger partial charge in [-0.15, -0.1) is 0 Å². The summed E-state index contributed by atoms with van der Waals surface area (Å²) in [5, 5.41) is 7.53. The molecule has 2 heterocycles. The number of rotatable bonds is 4. The van der Waals surface area contributed by atoms with E-state index in [0.717, 1.165) is 0 Å². The van der Waals surface area contributed by atoms with E-state index in [9.17, 15) is 9.59 Å². The van der Waals surface area contributed by atoms with Crippen LogP contribution in [0.4, 0.5) is 0 Å². The molecule has 0 aliphatic heterocycles. The van der Waals surface area contributed by atoms with Crippen molar-refractivity contribution in [2.24, 2.45) is 5.73 Å². The minimum atomic E-state index is -0.592. The fourth-order valence-corrected chi connectivity index (χ4v) is 1.29. The lowest BCUT2D eigenvalue weighted by Crippen LogP contribution is -2.12. The molecule has 0 bridgehead atoms. The molecule has 1 amide bonds. The van der Waals surface area contributed by atoms with Crippen molar-refractivity contribution >= 4 is 11.7 Å². The predicted octanol–water partition coefficient (Wildman–Crippen LogP) is 0.221. The molecule has 0 saturated carbocycles. The summed E-state index contributed by atoms with van der Waals surface area (Å²) in [5.41, 5.74) is 5.51. The van der Waals surface area contributed by atoms with Crippen LogP contribution in [0.1, 0.15) is 33.7 Å². The zero-order chi connectivity index (χ0) is 12.4. The molecule has 88 valence electrons. The fraction of sp³-hybridized carbons (Fsp3) is 0.200. The van der Waals surface area contributed by atoms with Crippen LogP contribution in [0.2, 0.25) is 0 Å². The Labute approximate surface area is 96.2 Å². The highest BCUT2D eigenvalue weighted by Crippen LogP contribution is 2.06. The zero-order valence-electron chi connectivity index (χ0n) is 9.08. The van der Waals surface area contributed by atoms with Crippen molar-refractivity contribution in [3.63, 3.8) is 0 Å². The van der Waals surface area contributed by atoms with Gasteiger partial charge in [0.05, 0.1) is 0 Å². The summed E-state index contributed by atoms with van der Waals surface area (Å²) in [7, 11) is 0. The Bertz CT molecular complexity index is 519.